The van der Waals surface area contributed by atoms with Crippen LogP contribution in [0.15, 0.2) is 24.3 Å². The molecule has 1 aliphatic heterocycles. The lowest BCUT2D eigenvalue weighted by atomic mass is 10.2. The first-order valence-electron chi connectivity index (χ1n) is 7.55. The molecule has 6 nitrogen and oxygen atoms in total. The third kappa shape index (κ3) is 4.41. The largest absolute Gasteiger partial charge is 0.449 e. The number of β-amino-alcohol motifs (C(OH)–C–C–N with tert-alkyl or cyclic N) is 1. The van der Waals surface area contributed by atoms with Crippen molar-refractivity contribution in [1.29, 1.82) is 0 Å². The highest BCUT2D eigenvalue weighted by Crippen LogP contribution is 2.22. The Morgan fingerprint density at radius 3 is 2.78 bits per heavy atom. The lowest BCUT2D eigenvalue weighted by Crippen LogP contribution is -2.43. The Hall–Kier alpha value is -2.15. The molecule has 0 aromatic heterocycles. The van der Waals surface area contributed by atoms with Crippen molar-refractivity contribution in [3.63, 3.8) is 0 Å². The van der Waals surface area contributed by atoms with Crippen molar-refractivity contribution < 1.29 is 23.8 Å². The van der Waals surface area contributed by atoms with E-state index in [1.807, 2.05) is 13.8 Å². The van der Waals surface area contributed by atoms with Crippen LogP contribution in [0.25, 0.3) is 0 Å². The predicted molar refractivity (Wildman–Crippen MR) is 82.3 cm³/mol. The van der Waals surface area contributed by atoms with E-state index in [1.165, 1.54) is 23.1 Å². The molecule has 23 heavy (non-hydrogen) atoms. The Kier molecular flexibility index (Phi) is 5.54. The number of ether oxygens (including phenoxy) is 1. The standard InChI is InChI=1S/C16H21FN2O4/c1-10(2)9-23-16(22)19-8-11(20)7-14(19)15(21)18-13-6-4-3-5-12(13)17/h3-6,10-11,14,20H,7-9H2,1-2H3,(H,18,21). The summed E-state index contributed by atoms with van der Waals surface area (Å²) in [5, 5.41) is 12.2. The van der Waals surface area contributed by atoms with Crippen LogP contribution in [0.1, 0.15) is 20.3 Å². The summed E-state index contributed by atoms with van der Waals surface area (Å²) in [4.78, 5) is 25.6. The zero-order valence-corrected chi connectivity index (χ0v) is 13.2. The van der Waals surface area contributed by atoms with Gasteiger partial charge in [0.1, 0.15) is 11.9 Å². The van der Waals surface area contributed by atoms with Crippen molar-refractivity contribution >= 4 is 17.7 Å². The van der Waals surface area contributed by atoms with E-state index in [0.717, 1.165) is 0 Å². The summed E-state index contributed by atoms with van der Waals surface area (Å²) in [6, 6.07) is 4.88. The number of rotatable bonds is 4. The highest BCUT2D eigenvalue weighted by atomic mass is 19.1. The molecule has 0 saturated carbocycles. The predicted octanol–water partition coefficient (Wildman–Crippen LogP) is 1.99. The normalized spacial score (nSPS) is 20.7. The molecule has 2 unspecified atom stereocenters. The van der Waals surface area contributed by atoms with E-state index in [1.54, 1.807) is 6.07 Å². The van der Waals surface area contributed by atoms with Gasteiger partial charge in [-0.3, -0.25) is 9.69 Å². The molecule has 7 heteroatoms. The fourth-order valence-corrected chi connectivity index (χ4v) is 2.36. The van der Waals surface area contributed by atoms with Gasteiger partial charge in [-0.2, -0.15) is 0 Å². The smallest absolute Gasteiger partial charge is 0.410 e. The number of nitrogens with one attached hydrogen (secondary N) is 1. The van der Waals surface area contributed by atoms with Gasteiger partial charge >= 0.3 is 6.09 Å². The molecule has 1 fully saturated rings. The number of halogens is 1. The molecule has 1 aromatic rings. The van der Waals surface area contributed by atoms with Gasteiger partial charge in [0.2, 0.25) is 5.91 Å². The van der Waals surface area contributed by atoms with Gasteiger partial charge in [-0.15, -0.1) is 0 Å². The van der Waals surface area contributed by atoms with Crippen LogP contribution in [0.5, 0.6) is 0 Å². The summed E-state index contributed by atoms with van der Waals surface area (Å²) in [6.45, 7) is 4.04. The maximum atomic E-state index is 13.6. The molecule has 0 spiro atoms. The Balaban J connectivity index is 2.05. The molecule has 2 N–H and O–H groups in total. The van der Waals surface area contributed by atoms with Crippen molar-refractivity contribution in [2.75, 3.05) is 18.5 Å². The minimum absolute atomic E-state index is 0.0201. The zero-order valence-electron chi connectivity index (χ0n) is 13.2. The van der Waals surface area contributed by atoms with Gasteiger partial charge in [-0.1, -0.05) is 26.0 Å². The molecule has 1 aromatic carbocycles. The van der Waals surface area contributed by atoms with Gasteiger partial charge < -0.3 is 15.2 Å². The van der Waals surface area contributed by atoms with Crippen LogP contribution in [0.2, 0.25) is 0 Å². The first-order chi connectivity index (χ1) is 10.9. The molecule has 0 radical (unpaired) electrons. The maximum Gasteiger partial charge on any atom is 0.410 e. The molecule has 1 saturated heterocycles. The molecule has 2 rings (SSSR count). The average Bonchev–Trinajstić information content (AvgIpc) is 2.89. The molecule has 2 amide bonds. The van der Waals surface area contributed by atoms with E-state index >= 15 is 0 Å². The Labute approximate surface area is 134 Å². The Morgan fingerprint density at radius 1 is 1.43 bits per heavy atom. The maximum absolute atomic E-state index is 13.6. The summed E-state index contributed by atoms with van der Waals surface area (Å²) in [5.41, 5.74) is 0.0365. The van der Waals surface area contributed by atoms with Gasteiger partial charge in [0.15, 0.2) is 0 Å². The summed E-state index contributed by atoms with van der Waals surface area (Å²) >= 11 is 0. The van der Waals surface area contributed by atoms with Gasteiger partial charge in [-0.05, 0) is 18.1 Å². The summed E-state index contributed by atoms with van der Waals surface area (Å²) in [6.07, 6.45) is -1.36. The number of anilines is 1. The number of aliphatic hydroxyl groups is 1. The summed E-state index contributed by atoms with van der Waals surface area (Å²) < 4.78 is 18.7. The molecule has 0 bridgehead atoms. The topological polar surface area (TPSA) is 78.9 Å². The minimum atomic E-state index is -0.885. The highest BCUT2D eigenvalue weighted by molar-refractivity contribution is 5.97. The van der Waals surface area contributed by atoms with Crippen molar-refractivity contribution in [2.45, 2.75) is 32.4 Å². The van der Waals surface area contributed by atoms with Crippen LogP contribution in [0.4, 0.5) is 14.9 Å². The number of para-hydroxylation sites is 1. The van der Waals surface area contributed by atoms with Gasteiger partial charge in [-0.25, -0.2) is 9.18 Å². The number of carbonyl (C=O) groups excluding carboxylic acids is 2. The number of aliphatic hydroxyl groups excluding tert-OH is 1. The molecule has 126 valence electrons. The van der Waals surface area contributed by atoms with E-state index in [2.05, 4.69) is 5.32 Å². The fourth-order valence-electron chi connectivity index (χ4n) is 2.36. The molecule has 2 atom stereocenters. The summed E-state index contributed by atoms with van der Waals surface area (Å²) in [5.74, 6) is -0.946. The number of hydrogen-bond acceptors (Lipinski definition) is 4. The highest BCUT2D eigenvalue weighted by Gasteiger charge is 2.40. The fraction of sp³-hybridized carbons (Fsp3) is 0.500. The van der Waals surface area contributed by atoms with Gasteiger partial charge in [0.25, 0.3) is 0 Å². The monoisotopic (exact) mass is 324 g/mol. The zero-order chi connectivity index (χ0) is 17.0. The van der Waals surface area contributed by atoms with Crippen LogP contribution >= 0.6 is 0 Å². The number of carbonyl (C=O) groups is 2. The molecule has 1 aliphatic rings. The second-order valence-corrected chi connectivity index (χ2v) is 6.00. The SMILES string of the molecule is CC(C)COC(=O)N1CC(O)CC1C(=O)Nc1ccccc1F. The van der Waals surface area contributed by atoms with Crippen LogP contribution < -0.4 is 5.32 Å². The number of nitrogens with zero attached hydrogens (tertiary/aromatic N) is 1. The third-order valence-corrected chi connectivity index (χ3v) is 3.49. The van der Waals surface area contributed by atoms with E-state index in [-0.39, 0.29) is 31.2 Å². The first kappa shape index (κ1) is 17.2. The second-order valence-electron chi connectivity index (χ2n) is 6.00. The van der Waals surface area contributed by atoms with Crippen molar-refractivity contribution in [3.05, 3.63) is 30.1 Å². The van der Waals surface area contributed by atoms with E-state index in [9.17, 15) is 19.1 Å². The molecule has 1 heterocycles. The molecular formula is C16H21FN2O4. The number of amides is 2. The van der Waals surface area contributed by atoms with E-state index in [0.29, 0.717) is 0 Å². The number of benzene rings is 1. The number of likely N-dealkylation sites (tertiary alicyclic amines) is 1. The lowest BCUT2D eigenvalue weighted by Gasteiger charge is -2.23. The first-order valence-corrected chi connectivity index (χ1v) is 7.55. The molecule has 0 aliphatic carbocycles. The quantitative estimate of drug-likeness (QED) is 0.888. The van der Waals surface area contributed by atoms with Crippen molar-refractivity contribution in [2.24, 2.45) is 5.92 Å². The number of hydrogen-bond donors (Lipinski definition) is 2. The van der Waals surface area contributed by atoms with Crippen LogP contribution in [0.3, 0.4) is 0 Å². The van der Waals surface area contributed by atoms with Crippen LogP contribution in [-0.4, -0.2) is 47.3 Å². The Morgan fingerprint density at radius 2 is 2.13 bits per heavy atom. The minimum Gasteiger partial charge on any atom is -0.449 e. The van der Waals surface area contributed by atoms with Crippen molar-refractivity contribution in [1.82, 2.24) is 4.90 Å². The van der Waals surface area contributed by atoms with Gasteiger partial charge in [0, 0.05) is 6.42 Å². The average molecular weight is 324 g/mol. The van der Waals surface area contributed by atoms with Crippen LogP contribution in [-0.2, 0) is 9.53 Å². The van der Waals surface area contributed by atoms with E-state index < -0.39 is 30.0 Å². The molecular weight excluding hydrogens is 303 g/mol. The Bertz CT molecular complexity index is 579. The van der Waals surface area contributed by atoms with Gasteiger partial charge in [0.05, 0.1) is 24.9 Å². The van der Waals surface area contributed by atoms with Crippen LogP contribution in [0, 0.1) is 11.7 Å². The summed E-state index contributed by atoms with van der Waals surface area (Å²) in [7, 11) is 0. The lowest BCUT2D eigenvalue weighted by molar-refractivity contribution is -0.120. The second kappa shape index (κ2) is 7.41. The van der Waals surface area contributed by atoms with Crippen molar-refractivity contribution in [3.8, 4) is 0 Å². The third-order valence-electron chi connectivity index (χ3n) is 3.49. The van der Waals surface area contributed by atoms with E-state index in [4.69, 9.17) is 4.74 Å².